The van der Waals surface area contributed by atoms with Crippen molar-refractivity contribution in [1.82, 2.24) is 14.4 Å². The predicted octanol–water partition coefficient (Wildman–Crippen LogP) is -0.824. The number of hydrogen-bond donors (Lipinski definition) is 3. The summed E-state index contributed by atoms with van der Waals surface area (Å²) in [5, 5.41) is 28.7. The second-order valence-corrected chi connectivity index (χ2v) is 5.54. The van der Waals surface area contributed by atoms with Gasteiger partial charge in [-0.05, 0) is 6.54 Å². The van der Waals surface area contributed by atoms with Crippen LogP contribution in [0.15, 0.2) is 10.9 Å². The standard InChI is InChI=1S/C15H25N3O4/c1-2-16-3-5-17(6-4-16)10-13-15(22)14(21)9-12(11-20)18(13)7-8-19/h9,19-20,22H,2-8,10-11H2,1H3. The quantitative estimate of drug-likeness (QED) is 0.636. The summed E-state index contributed by atoms with van der Waals surface area (Å²) in [6.45, 7) is 7.06. The topological polar surface area (TPSA) is 89.2 Å². The van der Waals surface area contributed by atoms with Crippen LogP contribution < -0.4 is 5.43 Å². The normalized spacial score (nSPS) is 17.0. The Morgan fingerprint density at radius 3 is 2.32 bits per heavy atom. The Balaban J connectivity index is 2.25. The van der Waals surface area contributed by atoms with Gasteiger partial charge in [0.2, 0.25) is 5.43 Å². The molecule has 0 amide bonds. The van der Waals surface area contributed by atoms with Crippen molar-refractivity contribution >= 4 is 0 Å². The molecule has 1 saturated heterocycles. The van der Waals surface area contributed by atoms with Gasteiger partial charge < -0.3 is 24.8 Å². The number of rotatable bonds is 6. The number of pyridine rings is 1. The van der Waals surface area contributed by atoms with Crippen LogP contribution in [0, 0.1) is 0 Å². The van der Waals surface area contributed by atoms with Gasteiger partial charge in [0.25, 0.3) is 0 Å². The predicted molar refractivity (Wildman–Crippen MR) is 82.8 cm³/mol. The van der Waals surface area contributed by atoms with E-state index in [0.717, 1.165) is 32.7 Å². The highest BCUT2D eigenvalue weighted by molar-refractivity contribution is 5.30. The van der Waals surface area contributed by atoms with E-state index in [1.807, 2.05) is 0 Å². The molecule has 1 fully saturated rings. The van der Waals surface area contributed by atoms with Crippen LogP contribution >= 0.6 is 0 Å². The Labute approximate surface area is 130 Å². The van der Waals surface area contributed by atoms with Crippen LogP contribution in [-0.2, 0) is 19.7 Å². The molecule has 1 aromatic heterocycles. The molecule has 1 aliphatic rings. The molecule has 0 atom stereocenters. The lowest BCUT2D eigenvalue weighted by atomic mass is 10.2. The average Bonchev–Trinajstić information content (AvgIpc) is 2.54. The molecule has 7 nitrogen and oxygen atoms in total. The second kappa shape index (κ2) is 7.73. The van der Waals surface area contributed by atoms with Gasteiger partial charge in [0.1, 0.15) is 0 Å². The maximum atomic E-state index is 11.9. The first-order valence-electron chi connectivity index (χ1n) is 7.71. The highest BCUT2D eigenvalue weighted by Crippen LogP contribution is 2.18. The molecule has 3 N–H and O–H groups in total. The number of aliphatic hydroxyl groups excluding tert-OH is 2. The first-order valence-corrected chi connectivity index (χ1v) is 7.71. The number of aromatic hydroxyl groups is 1. The Kier molecular flexibility index (Phi) is 5.96. The number of nitrogens with zero attached hydrogens (tertiary/aromatic N) is 3. The fourth-order valence-electron chi connectivity index (χ4n) is 2.89. The third-order valence-corrected chi connectivity index (χ3v) is 4.25. The van der Waals surface area contributed by atoms with E-state index in [1.165, 1.54) is 6.07 Å². The van der Waals surface area contributed by atoms with Gasteiger partial charge in [-0.2, -0.15) is 0 Å². The van der Waals surface area contributed by atoms with Gasteiger partial charge in [0.05, 0.1) is 18.9 Å². The van der Waals surface area contributed by atoms with Crippen LogP contribution in [0.5, 0.6) is 5.75 Å². The molecule has 0 aliphatic carbocycles. The van der Waals surface area contributed by atoms with Crippen molar-refractivity contribution in [3.05, 3.63) is 27.7 Å². The smallest absolute Gasteiger partial charge is 0.223 e. The van der Waals surface area contributed by atoms with Crippen LogP contribution in [0.4, 0.5) is 0 Å². The zero-order chi connectivity index (χ0) is 16.1. The Morgan fingerprint density at radius 1 is 1.14 bits per heavy atom. The summed E-state index contributed by atoms with van der Waals surface area (Å²) in [5.74, 6) is -0.288. The van der Waals surface area contributed by atoms with Crippen molar-refractivity contribution in [1.29, 1.82) is 0 Å². The first kappa shape index (κ1) is 17.0. The summed E-state index contributed by atoms with van der Waals surface area (Å²) in [6.07, 6.45) is 0. The second-order valence-electron chi connectivity index (χ2n) is 5.54. The Bertz CT molecular complexity index is 550. The van der Waals surface area contributed by atoms with Crippen molar-refractivity contribution in [3.8, 4) is 5.75 Å². The lowest BCUT2D eigenvalue weighted by Crippen LogP contribution is -2.46. The van der Waals surface area contributed by atoms with E-state index in [4.69, 9.17) is 0 Å². The summed E-state index contributed by atoms with van der Waals surface area (Å²) in [4.78, 5) is 16.4. The van der Waals surface area contributed by atoms with Crippen LogP contribution in [0.3, 0.4) is 0 Å². The lowest BCUT2D eigenvalue weighted by Gasteiger charge is -2.34. The number of aromatic nitrogens is 1. The molecular weight excluding hydrogens is 286 g/mol. The van der Waals surface area contributed by atoms with E-state index >= 15 is 0 Å². The first-order chi connectivity index (χ1) is 10.6. The minimum atomic E-state index is -0.486. The molecule has 2 heterocycles. The zero-order valence-electron chi connectivity index (χ0n) is 13.0. The molecule has 0 spiro atoms. The van der Waals surface area contributed by atoms with Gasteiger partial charge in [-0.15, -0.1) is 0 Å². The Morgan fingerprint density at radius 2 is 1.77 bits per heavy atom. The minimum absolute atomic E-state index is 0.119. The van der Waals surface area contributed by atoms with Crippen molar-refractivity contribution < 1.29 is 15.3 Å². The molecule has 0 bridgehead atoms. The largest absolute Gasteiger partial charge is 0.503 e. The van der Waals surface area contributed by atoms with Crippen LogP contribution in [0.2, 0.25) is 0 Å². The van der Waals surface area contributed by atoms with E-state index in [9.17, 15) is 20.1 Å². The highest BCUT2D eigenvalue weighted by atomic mass is 16.3. The Hall–Kier alpha value is -1.41. The maximum Gasteiger partial charge on any atom is 0.223 e. The molecule has 1 aromatic rings. The molecule has 0 saturated carbocycles. The lowest BCUT2D eigenvalue weighted by molar-refractivity contribution is 0.127. The zero-order valence-corrected chi connectivity index (χ0v) is 13.0. The summed E-state index contributed by atoms with van der Waals surface area (Å²) in [6, 6.07) is 1.23. The van der Waals surface area contributed by atoms with Crippen LogP contribution in [-0.4, -0.2) is 69.0 Å². The minimum Gasteiger partial charge on any atom is -0.503 e. The molecular formula is C15H25N3O4. The number of likely N-dealkylation sites (N-methyl/N-ethyl adjacent to an activating group) is 1. The van der Waals surface area contributed by atoms with Crippen molar-refractivity contribution in [2.75, 3.05) is 39.3 Å². The van der Waals surface area contributed by atoms with E-state index in [2.05, 4.69) is 16.7 Å². The monoisotopic (exact) mass is 311 g/mol. The van der Waals surface area contributed by atoms with E-state index in [-0.39, 0.29) is 25.5 Å². The fraction of sp³-hybridized carbons (Fsp3) is 0.667. The third kappa shape index (κ3) is 3.67. The third-order valence-electron chi connectivity index (χ3n) is 4.25. The molecule has 7 heteroatoms. The molecule has 0 radical (unpaired) electrons. The highest BCUT2D eigenvalue weighted by Gasteiger charge is 2.20. The average molecular weight is 311 g/mol. The van der Waals surface area contributed by atoms with Crippen LogP contribution in [0.1, 0.15) is 18.3 Å². The van der Waals surface area contributed by atoms with Crippen molar-refractivity contribution in [3.63, 3.8) is 0 Å². The molecule has 0 aromatic carbocycles. The molecule has 22 heavy (non-hydrogen) atoms. The fourth-order valence-corrected chi connectivity index (χ4v) is 2.89. The summed E-state index contributed by atoms with van der Waals surface area (Å²) < 4.78 is 1.64. The van der Waals surface area contributed by atoms with Gasteiger partial charge in [0, 0.05) is 51.0 Å². The SMILES string of the molecule is CCN1CCN(Cc2c(O)c(=O)cc(CO)n2CCO)CC1. The molecule has 2 rings (SSSR count). The summed E-state index contributed by atoms with van der Waals surface area (Å²) in [5.41, 5.74) is 0.398. The summed E-state index contributed by atoms with van der Waals surface area (Å²) in [7, 11) is 0. The number of piperazine rings is 1. The van der Waals surface area contributed by atoms with Gasteiger partial charge in [-0.25, -0.2) is 0 Å². The number of hydrogen-bond acceptors (Lipinski definition) is 6. The molecule has 1 aliphatic heterocycles. The van der Waals surface area contributed by atoms with Gasteiger partial charge in [-0.1, -0.05) is 6.92 Å². The maximum absolute atomic E-state index is 11.9. The van der Waals surface area contributed by atoms with Crippen LogP contribution in [0.25, 0.3) is 0 Å². The van der Waals surface area contributed by atoms with Crippen molar-refractivity contribution in [2.24, 2.45) is 0 Å². The van der Waals surface area contributed by atoms with Gasteiger partial charge in [0.15, 0.2) is 5.75 Å². The van der Waals surface area contributed by atoms with Crippen molar-refractivity contribution in [2.45, 2.75) is 26.6 Å². The molecule has 0 unspecified atom stereocenters. The van der Waals surface area contributed by atoms with E-state index < -0.39 is 5.43 Å². The van der Waals surface area contributed by atoms with E-state index in [1.54, 1.807) is 4.57 Å². The van der Waals surface area contributed by atoms with Gasteiger partial charge >= 0.3 is 0 Å². The summed E-state index contributed by atoms with van der Waals surface area (Å²) >= 11 is 0. The van der Waals surface area contributed by atoms with Gasteiger partial charge in [-0.3, -0.25) is 9.69 Å². The van der Waals surface area contributed by atoms with E-state index in [0.29, 0.717) is 17.9 Å². The number of aliphatic hydroxyl groups is 2. The molecule has 124 valence electrons.